The molecule has 0 radical (unpaired) electrons. The second kappa shape index (κ2) is 11.1. The number of Topliss-reactive ketones (excluding diaryl/α,β-unsaturated/α-hetero) is 1. The van der Waals surface area contributed by atoms with Gasteiger partial charge in [0.15, 0.2) is 0 Å². The quantitative estimate of drug-likeness (QED) is 0.122. The van der Waals surface area contributed by atoms with Crippen LogP contribution in [0.4, 0.5) is 0 Å². The molecular weight excluding hydrogens is 470 g/mol. The van der Waals surface area contributed by atoms with Crippen molar-refractivity contribution in [2.75, 3.05) is 6.61 Å². The highest BCUT2D eigenvalue weighted by atomic mass is 16.5. The summed E-state index contributed by atoms with van der Waals surface area (Å²) in [5, 5.41) is 28.4. The van der Waals surface area contributed by atoms with E-state index in [1.165, 1.54) is 18.2 Å². The van der Waals surface area contributed by atoms with Crippen LogP contribution in [0.3, 0.4) is 0 Å². The minimum atomic E-state index is -1.60. The molecule has 1 unspecified atom stereocenters. The van der Waals surface area contributed by atoms with Gasteiger partial charge >= 0.3 is 11.9 Å². The molecule has 0 spiro atoms. The molecule has 0 saturated carbocycles. The number of nitrogens with zero attached hydrogens (tertiary/aromatic N) is 1. The number of rotatable bonds is 12. The molecule has 12 nitrogen and oxygen atoms in total. The van der Waals surface area contributed by atoms with Gasteiger partial charge in [-0.25, -0.2) is 9.78 Å². The van der Waals surface area contributed by atoms with Crippen molar-refractivity contribution in [1.29, 1.82) is 5.41 Å². The Morgan fingerprint density at radius 1 is 1.14 bits per heavy atom. The van der Waals surface area contributed by atoms with E-state index in [0.29, 0.717) is 22.4 Å². The van der Waals surface area contributed by atoms with Gasteiger partial charge in [-0.2, -0.15) is 0 Å². The molecule has 12 heteroatoms. The fraction of sp³-hybridized carbons (Fsp3) is 0.250. The van der Waals surface area contributed by atoms with Gasteiger partial charge in [-0.3, -0.25) is 19.8 Å². The number of ether oxygens (including phenoxy) is 1. The second-order valence-corrected chi connectivity index (χ2v) is 8.11. The van der Waals surface area contributed by atoms with Gasteiger partial charge in [0.25, 0.3) is 5.91 Å². The van der Waals surface area contributed by atoms with Crippen molar-refractivity contribution in [1.82, 2.24) is 15.3 Å². The number of carbonyl (C=O) groups excluding carboxylic acids is 2. The van der Waals surface area contributed by atoms with Crippen LogP contribution in [0.5, 0.6) is 5.75 Å². The summed E-state index contributed by atoms with van der Waals surface area (Å²) < 4.78 is 5.79. The number of amides is 1. The Bertz CT molecular complexity index is 1350. The van der Waals surface area contributed by atoms with Crippen molar-refractivity contribution >= 4 is 40.5 Å². The van der Waals surface area contributed by atoms with E-state index in [1.54, 1.807) is 25.1 Å². The molecule has 0 aliphatic heterocycles. The number of carbonyl (C=O) groups is 4. The van der Waals surface area contributed by atoms with Gasteiger partial charge < -0.3 is 31.0 Å². The number of benzene rings is 2. The number of H-pyrrole nitrogens is 1. The lowest BCUT2D eigenvalue weighted by Gasteiger charge is -2.20. The maximum Gasteiger partial charge on any atom is 0.372 e. The van der Waals surface area contributed by atoms with Gasteiger partial charge in [0.2, 0.25) is 5.78 Å². The number of nitrogens with one attached hydrogen (secondary N) is 3. The molecule has 0 saturated heterocycles. The summed E-state index contributed by atoms with van der Waals surface area (Å²) >= 11 is 0. The summed E-state index contributed by atoms with van der Waals surface area (Å²) in [7, 11) is 0. The number of imidazole rings is 1. The first-order chi connectivity index (χ1) is 17.0. The number of hydrogen-bond acceptors (Lipinski definition) is 7. The van der Waals surface area contributed by atoms with Crippen LogP contribution in [-0.2, 0) is 20.8 Å². The van der Waals surface area contributed by atoms with Gasteiger partial charge in [0, 0.05) is 29.5 Å². The number of carboxylic acids is 2. The third-order valence-electron chi connectivity index (χ3n) is 5.31. The van der Waals surface area contributed by atoms with Crippen LogP contribution in [0.1, 0.15) is 40.2 Å². The predicted molar refractivity (Wildman–Crippen MR) is 128 cm³/mol. The molecule has 1 atom stereocenters. The number of ketones is 1. The molecule has 1 aromatic heterocycles. The lowest BCUT2D eigenvalue weighted by Crippen LogP contribution is -2.39. The molecule has 1 heterocycles. The van der Waals surface area contributed by atoms with Crippen LogP contribution in [0.25, 0.3) is 11.0 Å². The number of nitrogens with two attached hydrogens (primary N) is 1. The molecule has 1 amide bonds. The van der Waals surface area contributed by atoms with Gasteiger partial charge in [0.05, 0.1) is 17.1 Å². The second-order valence-electron chi connectivity index (χ2n) is 8.11. The van der Waals surface area contributed by atoms with Crippen molar-refractivity contribution in [3.8, 4) is 5.75 Å². The van der Waals surface area contributed by atoms with Gasteiger partial charge in [-0.05, 0) is 37.6 Å². The number of nitrogen functional groups attached to an aromatic ring is 1. The Morgan fingerprint density at radius 2 is 1.86 bits per heavy atom. The minimum Gasteiger partial charge on any atom is -0.491 e. The number of aliphatic carboxylic acids is 2. The molecule has 7 N–H and O–H groups in total. The highest BCUT2D eigenvalue weighted by molar-refractivity contribution is 6.33. The Balaban J connectivity index is 1.80. The van der Waals surface area contributed by atoms with E-state index < -0.39 is 36.1 Å². The van der Waals surface area contributed by atoms with Gasteiger partial charge in [-0.15, -0.1) is 0 Å². The number of aromatic amines is 1. The number of amidine groups is 1. The molecule has 188 valence electrons. The molecule has 3 aromatic rings. The average molecular weight is 495 g/mol. The highest BCUT2D eigenvalue weighted by Gasteiger charge is 2.20. The number of carboxylic acid groups (broad SMARTS) is 2. The van der Waals surface area contributed by atoms with E-state index in [-0.39, 0.29) is 42.2 Å². The zero-order valence-corrected chi connectivity index (χ0v) is 19.3. The average Bonchev–Trinajstić information content (AvgIpc) is 3.20. The van der Waals surface area contributed by atoms with Crippen LogP contribution >= 0.6 is 0 Å². The van der Waals surface area contributed by atoms with Crippen molar-refractivity contribution < 1.29 is 34.1 Å². The van der Waals surface area contributed by atoms with Crippen LogP contribution in [0, 0.1) is 12.3 Å². The monoisotopic (exact) mass is 495 g/mol. The van der Waals surface area contributed by atoms with Crippen molar-refractivity contribution in [2.24, 2.45) is 5.73 Å². The molecule has 3 rings (SSSR count). The van der Waals surface area contributed by atoms with Crippen LogP contribution in [-0.4, -0.2) is 62.3 Å². The molecule has 0 fully saturated rings. The summed E-state index contributed by atoms with van der Waals surface area (Å²) in [6, 6.07) is 8.45. The third kappa shape index (κ3) is 6.65. The summed E-state index contributed by atoms with van der Waals surface area (Å²) in [5.41, 5.74) is 7.76. The maximum absolute atomic E-state index is 12.9. The Kier molecular flexibility index (Phi) is 8.00. The van der Waals surface area contributed by atoms with Crippen molar-refractivity contribution in [3.05, 3.63) is 58.9 Å². The molecule has 2 aromatic carbocycles. The van der Waals surface area contributed by atoms with E-state index in [4.69, 9.17) is 26.1 Å². The molecule has 36 heavy (non-hydrogen) atoms. The molecular formula is C24H25N5O7. The van der Waals surface area contributed by atoms with E-state index in [0.717, 1.165) is 0 Å². The lowest BCUT2D eigenvalue weighted by atomic mass is 10.0. The zero-order chi connectivity index (χ0) is 26.4. The van der Waals surface area contributed by atoms with Crippen molar-refractivity contribution in [2.45, 2.75) is 32.2 Å². The summed E-state index contributed by atoms with van der Waals surface area (Å²) in [5.74, 6) is -3.65. The predicted octanol–water partition coefficient (Wildman–Crippen LogP) is 1.39. The summed E-state index contributed by atoms with van der Waals surface area (Å²) in [6.07, 6.45) is -0.661. The standard InChI is InChI=1S/C24H25N5O7/c1-12-27-17-6-4-15(8-18(17)28-12)23(33)29-16(5-7-21(31)32)11-36-20-10-14(22(25)26)3-2-13(20)9-19(30)24(34)35/h2-4,6,8,10,16H,5,7,9,11H2,1H3,(H3,25,26)(H,27,28)(H,29,33)(H,31,32)(H,34,35). The van der Waals surface area contributed by atoms with Crippen LogP contribution in [0.15, 0.2) is 36.4 Å². The first-order valence-electron chi connectivity index (χ1n) is 10.9. The summed E-state index contributed by atoms with van der Waals surface area (Å²) in [6.45, 7) is 1.61. The smallest absolute Gasteiger partial charge is 0.372 e. The third-order valence-corrected chi connectivity index (χ3v) is 5.31. The lowest BCUT2D eigenvalue weighted by molar-refractivity contribution is -0.148. The minimum absolute atomic E-state index is 0.0439. The first kappa shape index (κ1) is 25.9. The van der Waals surface area contributed by atoms with E-state index in [2.05, 4.69) is 15.3 Å². The Hall–Kier alpha value is -4.74. The van der Waals surface area contributed by atoms with Crippen LogP contribution in [0.2, 0.25) is 0 Å². The van der Waals surface area contributed by atoms with Crippen LogP contribution < -0.4 is 15.8 Å². The Morgan fingerprint density at radius 3 is 2.53 bits per heavy atom. The highest BCUT2D eigenvalue weighted by Crippen LogP contribution is 2.22. The van der Waals surface area contributed by atoms with Crippen molar-refractivity contribution in [3.63, 3.8) is 0 Å². The van der Waals surface area contributed by atoms with E-state index >= 15 is 0 Å². The largest absolute Gasteiger partial charge is 0.491 e. The number of aromatic nitrogens is 2. The molecule has 0 aliphatic rings. The Labute approximate surface area is 205 Å². The fourth-order valence-electron chi connectivity index (χ4n) is 3.48. The summed E-state index contributed by atoms with van der Waals surface area (Å²) in [4.78, 5) is 54.1. The normalized spacial score (nSPS) is 11.6. The number of hydrogen-bond donors (Lipinski definition) is 6. The topological polar surface area (TPSA) is 209 Å². The van der Waals surface area contributed by atoms with E-state index in [9.17, 15) is 19.2 Å². The van der Waals surface area contributed by atoms with E-state index in [1.807, 2.05) is 0 Å². The number of fused-ring (bicyclic) bond motifs is 1. The first-order valence-corrected chi connectivity index (χ1v) is 10.9. The fourth-order valence-corrected chi connectivity index (χ4v) is 3.48. The zero-order valence-electron chi connectivity index (χ0n) is 19.3. The number of aryl methyl sites for hydroxylation is 1. The molecule has 0 aliphatic carbocycles. The van der Waals surface area contributed by atoms with Gasteiger partial charge in [-0.1, -0.05) is 12.1 Å². The maximum atomic E-state index is 12.9. The molecule has 0 bridgehead atoms. The SMILES string of the molecule is Cc1nc2ccc(C(=O)NC(CCC(=O)O)COc3cc(C(=N)N)ccc3CC(=O)C(=O)O)cc2[nH]1. The van der Waals surface area contributed by atoms with Gasteiger partial charge in [0.1, 0.15) is 24.0 Å².